The maximum atomic E-state index is 12.5. The maximum Gasteiger partial charge on any atom is 0.243 e. The highest BCUT2D eigenvalue weighted by Crippen LogP contribution is 2.51. The normalized spacial score (nSPS) is 28.1. The van der Waals surface area contributed by atoms with Crippen LogP contribution in [0.1, 0.15) is 49.7 Å². The predicted octanol–water partition coefficient (Wildman–Crippen LogP) is 2.01. The number of ketones is 1. The number of amides is 2. The number of nitrogens with one attached hydrogen (secondary N) is 3. The number of carbonyl (C=O) groups excluding carboxylic acids is 3. The molecule has 170 valence electrons. The van der Waals surface area contributed by atoms with Crippen molar-refractivity contribution in [2.24, 2.45) is 0 Å². The monoisotopic (exact) mass is 437 g/mol. The van der Waals surface area contributed by atoms with Crippen molar-refractivity contribution in [3.8, 4) is 5.75 Å². The van der Waals surface area contributed by atoms with E-state index in [2.05, 4.69) is 16.0 Å². The van der Waals surface area contributed by atoms with Gasteiger partial charge >= 0.3 is 0 Å². The Bertz CT molecular complexity index is 939. The van der Waals surface area contributed by atoms with Gasteiger partial charge in [-0.15, -0.1) is 0 Å². The Morgan fingerprint density at radius 1 is 0.875 bits per heavy atom. The SMILES string of the molecule is O=C1CCC23C=CC(=O)NCCCNCCCCNC(=O)/C=C/c4ccc(c2c4)OC3C1. The van der Waals surface area contributed by atoms with Crippen molar-refractivity contribution in [2.45, 2.75) is 50.0 Å². The maximum absolute atomic E-state index is 12.5. The molecule has 1 aliphatic carbocycles. The molecule has 2 bridgehead atoms. The van der Waals surface area contributed by atoms with Crippen molar-refractivity contribution in [3.05, 3.63) is 47.6 Å². The molecule has 3 aliphatic rings. The van der Waals surface area contributed by atoms with E-state index in [0.29, 0.717) is 32.4 Å². The fourth-order valence-corrected chi connectivity index (χ4v) is 4.66. The third kappa shape index (κ3) is 5.10. The second kappa shape index (κ2) is 10.1. The third-order valence-corrected chi connectivity index (χ3v) is 6.45. The van der Waals surface area contributed by atoms with Crippen LogP contribution in [0.25, 0.3) is 6.08 Å². The molecule has 0 saturated heterocycles. The zero-order valence-corrected chi connectivity index (χ0v) is 18.3. The first-order chi connectivity index (χ1) is 15.6. The zero-order chi connectivity index (χ0) is 22.4. The molecule has 2 aliphatic heterocycles. The molecule has 4 rings (SSSR count). The van der Waals surface area contributed by atoms with E-state index in [1.165, 1.54) is 0 Å². The average molecular weight is 438 g/mol. The smallest absolute Gasteiger partial charge is 0.243 e. The van der Waals surface area contributed by atoms with Gasteiger partial charge in [-0.1, -0.05) is 12.1 Å². The topological polar surface area (TPSA) is 96.5 Å². The van der Waals surface area contributed by atoms with Gasteiger partial charge in [0.05, 0.1) is 5.41 Å². The molecule has 0 aromatic heterocycles. The molecular formula is C25H31N3O4. The van der Waals surface area contributed by atoms with Crippen LogP contribution in [-0.2, 0) is 19.8 Å². The summed E-state index contributed by atoms with van der Waals surface area (Å²) in [5.41, 5.74) is 1.34. The summed E-state index contributed by atoms with van der Waals surface area (Å²) in [6.45, 7) is 2.96. The van der Waals surface area contributed by atoms with Gasteiger partial charge in [-0.25, -0.2) is 0 Å². The van der Waals surface area contributed by atoms with E-state index >= 15 is 0 Å². The minimum absolute atomic E-state index is 0.114. The van der Waals surface area contributed by atoms with Crippen molar-refractivity contribution in [2.75, 3.05) is 26.2 Å². The summed E-state index contributed by atoms with van der Waals surface area (Å²) in [6, 6.07) is 5.81. The van der Waals surface area contributed by atoms with Crippen LogP contribution < -0.4 is 20.7 Å². The highest BCUT2D eigenvalue weighted by molar-refractivity contribution is 5.92. The highest BCUT2D eigenvalue weighted by Gasteiger charge is 2.50. The fourth-order valence-electron chi connectivity index (χ4n) is 4.66. The van der Waals surface area contributed by atoms with Gasteiger partial charge in [0.2, 0.25) is 11.8 Å². The van der Waals surface area contributed by atoms with Gasteiger partial charge in [-0.2, -0.15) is 0 Å². The summed E-state index contributed by atoms with van der Waals surface area (Å²) < 4.78 is 6.16. The summed E-state index contributed by atoms with van der Waals surface area (Å²) in [4.78, 5) is 36.7. The Hall–Kier alpha value is -2.93. The minimum atomic E-state index is -0.519. The number of carbonyl (C=O) groups is 3. The van der Waals surface area contributed by atoms with Gasteiger partial charge in [0.1, 0.15) is 17.6 Å². The Morgan fingerprint density at radius 2 is 1.62 bits per heavy atom. The number of hydrogen-bond acceptors (Lipinski definition) is 5. The van der Waals surface area contributed by atoms with Crippen LogP contribution in [0.4, 0.5) is 0 Å². The van der Waals surface area contributed by atoms with E-state index in [-0.39, 0.29) is 23.7 Å². The lowest BCUT2D eigenvalue weighted by molar-refractivity contribution is -0.123. The van der Waals surface area contributed by atoms with E-state index in [1.807, 2.05) is 24.3 Å². The Labute approximate surface area is 188 Å². The quantitative estimate of drug-likeness (QED) is 0.577. The summed E-state index contributed by atoms with van der Waals surface area (Å²) >= 11 is 0. The summed E-state index contributed by atoms with van der Waals surface area (Å²) in [7, 11) is 0. The van der Waals surface area contributed by atoms with E-state index in [0.717, 1.165) is 49.2 Å². The van der Waals surface area contributed by atoms with Crippen LogP contribution in [0.5, 0.6) is 5.75 Å². The van der Waals surface area contributed by atoms with Crippen molar-refractivity contribution in [1.82, 2.24) is 16.0 Å². The number of Topliss-reactive ketones (excluding diaryl/α,β-unsaturated/α-hetero) is 1. The van der Waals surface area contributed by atoms with Gasteiger partial charge in [0, 0.05) is 37.6 Å². The summed E-state index contributed by atoms with van der Waals surface area (Å²) in [5, 5.41) is 9.23. The lowest BCUT2D eigenvalue weighted by atomic mass is 9.68. The molecule has 1 aromatic rings. The van der Waals surface area contributed by atoms with Crippen LogP contribution in [0, 0.1) is 0 Å². The van der Waals surface area contributed by atoms with Crippen LogP contribution in [0.15, 0.2) is 36.4 Å². The third-order valence-electron chi connectivity index (χ3n) is 6.45. The molecule has 0 radical (unpaired) electrons. The molecule has 2 unspecified atom stereocenters. The summed E-state index contributed by atoms with van der Waals surface area (Å²) in [6.07, 6.45) is 10.7. The standard InChI is InChI=1S/C25H31N3O4/c29-19-8-10-25-11-9-24(31)28-15-3-13-26-12-1-2-14-27-23(30)7-5-18-4-6-21(20(25)16-18)32-22(25)17-19/h4-7,9,11,16,22,26H,1-3,8,10,12-15,17H2,(H,27,30)(H,28,31)/b7-5+,11-9?. The molecule has 1 saturated carbocycles. The molecule has 7 nitrogen and oxygen atoms in total. The number of rotatable bonds is 0. The van der Waals surface area contributed by atoms with E-state index in [9.17, 15) is 14.4 Å². The molecular weight excluding hydrogens is 406 g/mol. The molecule has 2 heterocycles. The second-order valence-electron chi connectivity index (χ2n) is 8.70. The minimum Gasteiger partial charge on any atom is -0.488 e. The Balaban J connectivity index is 1.62. The second-order valence-corrected chi connectivity index (χ2v) is 8.70. The first kappa shape index (κ1) is 22.3. The largest absolute Gasteiger partial charge is 0.488 e. The first-order valence-electron chi connectivity index (χ1n) is 11.5. The molecule has 32 heavy (non-hydrogen) atoms. The van der Waals surface area contributed by atoms with Gasteiger partial charge in [0.25, 0.3) is 0 Å². The van der Waals surface area contributed by atoms with Gasteiger partial charge in [-0.3, -0.25) is 14.4 Å². The number of benzene rings is 1. The molecule has 2 atom stereocenters. The number of ether oxygens (including phenoxy) is 1. The van der Waals surface area contributed by atoms with E-state index in [1.54, 1.807) is 18.2 Å². The Kier molecular flexibility index (Phi) is 7.05. The van der Waals surface area contributed by atoms with Gasteiger partial charge in [-0.05, 0) is 68.6 Å². The molecule has 7 heteroatoms. The summed E-state index contributed by atoms with van der Waals surface area (Å²) in [5.74, 6) is 0.675. The number of fused-ring (bicyclic) bond motifs is 1. The van der Waals surface area contributed by atoms with Crippen molar-refractivity contribution < 1.29 is 19.1 Å². The number of hydrogen-bond donors (Lipinski definition) is 3. The fraction of sp³-hybridized carbons (Fsp3) is 0.480. The highest BCUT2D eigenvalue weighted by atomic mass is 16.5. The van der Waals surface area contributed by atoms with Crippen LogP contribution in [0.3, 0.4) is 0 Å². The predicted molar refractivity (Wildman–Crippen MR) is 122 cm³/mol. The van der Waals surface area contributed by atoms with Crippen molar-refractivity contribution in [3.63, 3.8) is 0 Å². The van der Waals surface area contributed by atoms with Crippen molar-refractivity contribution in [1.29, 1.82) is 0 Å². The van der Waals surface area contributed by atoms with Crippen LogP contribution in [0.2, 0.25) is 0 Å². The van der Waals surface area contributed by atoms with Gasteiger partial charge in [0.15, 0.2) is 0 Å². The molecule has 1 fully saturated rings. The van der Waals surface area contributed by atoms with Crippen molar-refractivity contribution >= 4 is 23.7 Å². The lowest BCUT2D eigenvalue weighted by Crippen LogP contribution is -2.42. The van der Waals surface area contributed by atoms with Gasteiger partial charge < -0.3 is 20.7 Å². The van der Waals surface area contributed by atoms with E-state index < -0.39 is 5.41 Å². The zero-order valence-electron chi connectivity index (χ0n) is 18.3. The van der Waals surface area contributed by atoms with Crippen LogP contribution in [-0.4, -0.2) is 49.9 Å². The average Bonchev–Trinajstić information content (AvgIpc) is 3.10. The molecule has 1 spiro atoms. The van der Waals surface area contributed by atoms with E-state index in [4.69, 9.17) is 4.74 Å². The Morgan fingerprint density at radius 3 is 2.50 bits per heavy atom. The lowest BCUT2D eigenvalue weighted by Gasteiger charge is -2.35. The molecule has 2 amide bonds. The first-order valence-corrected chi connectivity index (χ1v) is 11.5. The van der Waals surface area contributed by atoms with Crippen LogP contribution >= 0.6 is 0 Å². The molecule has 1 aromatic carbocycles. The molecule has 3 N–H and O–H groups in total.